The van der Waals surface area contributed by atoms with Gasteiger partial charge in [0.05, 0.1) is 5.41 Å². The number of aromatic hydroxyl groups is 1. The van der Waals surface area contributed by atoms with Gasteiger partial charge in [0.15, 0.2) is 11.6 Å². The van der Waals surface area contributed by atoms with Crippen LogP contribution in [0.3, 0.4) is 0 Å². The molecule has 0 saturated carbocycles. The fraction of sp³-hybridized carbons (Fsp3) is 0.364. The molecule has 1 rings (SSSR count). The zero-order valence-electron chi connectivity index (χ0n) is 8.92. The van der Waals surface area contributed by atoms with Gasteiger partial charge in [-0.2, -0.15) is 0 Å². The summed E-state index contributed by atoms with van der Waals surface area (Å²) in [4.78, 5) is 10.8. The van der Waals surface area contributed by atoms with Crippen molar-refractivity contribution in [2.24, 2.45) is 5.41 Å². The van der Waals surface area contributed by atoms with Crippen LogP contribution < -0.4 is 0 Å². The Labute approximate surface area is 91.3 Å². The highest BCUT2D eigenvalue weighted by atomic mass is 19.1. The Morgan fingerprint density at radius 3 is 2.38 bits per heavy atom. The van der Waals surface area contributed by atoms with E-state index in [0.717, 1.165) is 6.07 Å². The quantitative estimate of drug-likeness (QED) is 0.837. The van der Waals surface area contributed by atoms with E-state index in [0.29, 0.717) is 6.07 Å². The van der Waals surface area contributed by atoms with Crippen molar-refractivity contribution in [3.05, 3.63) is 29.3 Å². The largest absolute Gasteiger partial charge is 0.505 e. The molecule has 0 fully saturated rings. The van der Waals surface area contributed by atoms with Crippen LogP contribution in [0, 0.1) is 17.0 Å². The van der Waals surface area contributed by atoms with Crippen molar-refractivity contribution in [2.75, 3.05) is 0 Å². The van der Waals surface area contributed by atoms with Crippen molar-refractivity contribution in [3.63, 3.8) is 0 Å². The molecule has 1 aromatic rings. The van der Waals surface area contributed by atoms with Crippen LogP contribution in [-0.2, 0) is 11.2 Å². The Morgan fingerprint density at radius 2 is 1.88 bits per heavy atom. The number of carboxylic acid groups (broad SMARTS) is 1. The SMILES string of the molecule is CC(C)(Cc1cc(O)c(F)cc1F)C(=O)O. The second-order valence-corrected chi connectivity index (χ2v) is 4.26. The third-order valence-corrected chi connectivity index (χ3v) is 2.33. The highest BCUT2D eigenvalue weighted by molar-refractivity contribution is 5.74. The van der Waals surface area contributed by atoms with Gasteiger partial charge in [-0.3, -0.25) is 4.79 Å². The molecule has 0 aliphatic heterocycles. The molecule has 0 saturated heterocycles. The molecule has 0 aliphatic rings. The van der Waals surface area contributed by atoms with Gasteiger partial charge < -0.3 is 10.2 Å². The molecule has 0 aromatic heterocycles. The average Bonchev–Trinajstić information content (AvgIpc) is 2.13. The number of benzene rings is 1. The number of aliphatic carboxylic acids is 1. The van der Waals surface area contributed by atoms with Crippen molar-refractivity contribution < 1.29 is 23.8 Å². The lowest BCUT2D eigenvalue weighted by molar-refractivity contribution is -0.146. The van der Waals surface area contributed by atoms with Crippen LogP contribution in [-0.4, -0.2) is 16.2 Å². The molecule has 0 radical (unpaired) electrons. The zero-order valence-corrected chi connectivity index (χ0v) is 8.92. The maximum absolute atomic E-state index is 13.3. The van der Waals surface area contributed by atoms with Crippen molar-refractivity contribution in [3.8, 4) is 5.75 Å². The Morgan fingerprint density at radius 1 is 1.31 bits per heavy atom. The van der Waals surface area contributed by atoms with E-state index in [-0.39, 0.29) is 12.0 Å². The molecule has 88 valence electrons. The molecule has 5 heteroatoms. The molecule has 0 aliphatic carbocycles. The minimum Gasteiger partial charge on any atom is -0.505 e. The summed E-state index contributed by atoms with van der Waals surface area (Å²) in [5.74, 6) is -3.69. The van der Waals surface area contributed by atoms with Crippen molar-refractivity contribution in [1.82, 2.24) is 0 Å². The molecule has 2 N–H and O–H groups in total. The molecule has 0 amide bonds. The first-order chi connectivity index (χ1) is 7.24. The van der Waals surface area contributed by atoms with E-state index in [4.69, 9.17) is 10.2 Å². The van der Waals surface area contributed by atoms with Crippen LogP contribution in [0.25, 0.3) is 0 Å². The van der Waals surface area contributed by atoms with E-state index >= 15 is 0 Å². The third-order valence-electron chi connectivity index (χ3n) is 2.33. The molecular formula is C11H12F2O3. The summed E-state index contributed by atoms with van der Waals surface area (Å²) in [5, 5.41) is 17.9. The van der Waals surface area contributed by atoms with Gasteiger partial charge in [-0.05, 0) is 31.9 Å². The van der Waals surface area contributed by atoms with Gasteiger partial charge in [-0.15, -0.1) is 0 Å². The number of phenolic OH excluding ortho intramolecular Hbond substituents is 1. The van der Waals surface area contributed by atoms with Crippen molar-refractivity contribution in [2.45, 2.75) is 20.3 Å². The summed E-state index contributed by atoms with van der Waals surface area (Å²) in [7, 11) is 0. The fourth-order valence-corrected chi connectivity index (χ4v) is 1.27. The predicted octanol–water partition coefficient (Wildman–Crippen LogP) is 2.32. The van der Waals surface area contributed by atoms with Gasteiger partial charge in [0, 0.05) is 6.07 Å². The molecule has 1 aromatic carbocycles. The average molecular weight is 230 g/mol. The fourth-order valence-electron chi connectivity index (χ4n) is 1.27. The van der Waals surface area contributed by atoms with Crippen LogP contribution in [0.5, 0.6) is 5.75 Å². The van der Waals surface area contributed by atoms with Gasteiger partial charge >= 0.3 is 5.97 Å². The first-order valence-electron chi connectivity index (χ1n) is 4.64. The Bertz CT molecular complexity index is 427. The minimum atomic E-state index is -1.18. The molecule has 0 spiro atoms. The lowest BCUT2D eigenvalue weighted by atomic mass is 9.85. The summed E-state index contributed by atoms with van der Waals surface area (Å²) in [6.07, 6.45) is -0.123. The number of carbonyl (C=O) groups is 1. The van der Waals surface area contributed by atoms with E-state index in [9.17, 15) is 13.6 Å². The van der Waals surface area contributed by atoms with Gasteiger partial charge in [-0.25, -0.2) is 8.78 Å². The van der Waals surface area contributed by atoms with E-state index in [1.165, 1.54) is 13.8 Å². The number of rotatable bonds is 3. The van der Waals surface area contributed by atoms with Gasteiger partial charge in [0.1, 0.15) is 5.82 Å². The Hall–Kier alpha value is -1.65. The van der Waals surface area contributed by atoms with Crippen molar-refractivity contribution in [1.29, 1.82) is 0 Å². The van der Waals surface area contributed by atoms with E-state index in [1.807, 2.05) is 0 Å². The third kappa shape index (κ3) is 2.48. The molecule has 0 atom stereocenters. The number of hydrogen-bond donors (Lipinski definition) is 2. The summed E-state index contributed by atoms with van der Waals surface area (Å²) in [6.45, 7) is 2.85. The second-order valence-electron chi connectivity index (χ2n) is 4.26. The van der Waals surface area contributed by atoms with Crippen LogP contribution in [0.4, 0.5) is 8.78 Å². The summed E-state index contributed by atoms with van der Waals surface area (Å²) >= 11 is 0. The second kappa shape index (κ2) is 4.08. The molecule has 0 heterocycles. The van der Waals surface area contributed by atoms with Gasteiger partial charge in [0.25, 0.3) is 0 Å². The van der Waals surface area contributed by atoms with Crippen molar-refractivity contribution >= 4 is 5.97 Å². The van der Waals surface area contributed by atoms with Crippen LogP contribution in [0.2, 0.25) is 0 Å². The number of hydrogen-bond acceptors (Lipinski definition) is 2. The van der Waals surface area contributed by atoms with Crippen LogP contribution >= 0.6 is 0 Å². The molecule has 0 unspecified atom stereocenters. The number of halogens is 2. The highest BCUT2D eigenvalue weighted by Crippen LogP contribution is 2.27. The summed E-state index contributed by atoms with van der Waals surface area (Å²) in [6, 6.07) is 1.46. The number of carboxylic acids is 1. The van der Waals surface area contributed by atoms with E-state index in [2.05, 4.69) is 0 Å². The summed E-state index contributed by atoms with van der Waals surface area (Å²) in [5.41, 5.74) is -1.20. The summed E-state index contributed by atoms with van der Waals surface area (Å²) < 4.78 is 26.0. The first kappa shape index (κ1) is 12.4. The molecule has 3 nitrogen and oxygen atoms in total. The lowest BCUT2D eigenvalue weighted by Gasteiger charge is -2.19. The lowest BCUT2D eigenvalue weighted by Crippen LogP contribution is -2.26. The highest BCUT2D eigenvalue weighted by Gasteiger charge is 2.29. The zero-order chi connectivity index (χ0) is 12.5. The van der Waals surface area contributed by atoms with Crippen LogP contribution in [0.1, 0.15) is 19.4 Å². The molecule has 0 bridgehead atoms. The van der Waals surface area contributed by atoms with E-state index < -0.39 is 28.8 Å². The van der Waals surface area contributed by atoms with Gasteiger partial charge in [0.2, 0.25) is 0 Å². The minimum absolute atomic E-state index is 0.0219. The number of phenols is 1. The maximum atomic E-state index is 13.3. The maximum Gasteiger partial charge on any atom is 0.309 e. The Balaban J connectivity index is 3.07. The molecule has 16 heavy (non-hydrogen) atoms. The Kier molecular flexibility index (Phi) is 3.16. The predicted molar refractivity (Wildman–Crippen MR) is 53.1 cm³/mol. The smallest absolute Gasteiger partial charge is 0.309 e. The van der Waals surface area contributed by atoms with Crippen LogP contribution in [0.15, 0.2) is 12.1 Å². The molecular weight excluding hydrogens is 218 g/mol. The normalized spacial score (nSPS) is 11.5. The topological polar surface area (TPSA) is 57.5 Å². The van der Waals surface area contributed by atoms with Gasteiger partial charge in [-0.1, -0.05) is 0 Å². The monoisotopic (exact) mass is 230 g/mol. The first-order valence-corrected chi connectivity index (χ1v) is 4.64. The van der Waals surface area contributed by atoms with E-state index in [1.54, 1.807) is 0 Å². The standard InChI is InChI=1S/C11H12F2O3/c1-11(2,10(15)16)5-6-3-9(14)8(13)4-7(6)12/h3-4,14H,5H2,1-2H3,(H,15,16).